The van der Waals surface area contributed by atoms with Crippen LogP contribution in [0.5, 0.6) is 5.75 Å². The first-order valence-corrected chi connectivity index (χ1v) is 7.67. The molecule has 1 fully saturated rings. The van der Waals surface area contributed by atoms with Crippen LogP contribution in [0.4, 0.5) is 0 Å². The van der Waals surface area contributed by atoms with Crippen molar-refractivity contribution >= 4 is 0 Å². The summed E-state index contributed by atoms with van der Waals surface area (Å²) in [6.07, 6.45) is 2.75. The van der Waals surface area contributed by atoms with Crippen molar-refractivity contribution in [2.45, 2.75) is 45.7 Å². The molecule has 2 N–H and O–H groups in total. The number of ether oxygens (including phenoxy) is 1. The number of rotatable bonds is 7. The lowest BCUT2D eigenvalue weighted by Gasteiger charge is -2.35. The van der Waals surface area contributed by atoms with E-state index in [9.17, 15) is 0 Å². The second-order valence-electron chi connectivity index (χ2n) is 6.21. The highest BCUT2D eigenvalue weighted by molar-refractivity contribution is 5.37. The van der Waals surface area contributed by atoms with Crippen LogP contribution in [-0.4, -0.2) is 31.1 Å². The molecule has 0 aliphatic heterocycles. The van der Waals surface area contributed by atoms with E-state index in [0.29, 0.717) is 18.6 Å². The van der Waals surface area contributed by atoms with Crippen molar-refractivity contribution in [3.8, 4) is 5.75 Å². The van der Waals surface area contributed by atoms with Gasteiger partial charge >= 0.3 is 0 Å². The lowest BCUT2D eigenvalue weighted by molar-refractivity contribution is 0.149. The van der Waals surface area contributed by atoms with Gasteiger partial charge in [0, 0.05) is 25.2 Å². The Balaban J connectivity index is 2.22. The summed E-state index contributed by atoms with van der Waals surface area (Å²) in [7, 11) is 1.72. The molecule has 1 atom stereocenters. The number of benzene rings is 1. The molecule has 2 rings (SSSR count). The predicted octanol–water partition coefficient (Wildman–Crippen LogP) is 3.12. The summed E-state index contributed by atoms with van der Waals surface area (Å²) in [5, 5.41) is 0. The molecule has 3 heteroatoms. The van der Waals surface area contributed by atoms with Gasteiger partial charge < -0.3 is 10.5 Å². The van der Waals surface area contributed by atoms with Gasteiger partial charge in [-0.05, 0) is 56.7 Å². The van der Waals surface area contributed by atoms with Gasteiger partial charge in [-0.3, -0.25) is 4.90 Å². The zero-order chi connectivity index (χ0) is 14.7. The van der Waals surface area contributed by atoms with Crippen molar-refractivity contribution in [1.82, 2.24) is 4.90 Å². The number of hydrogen-bond acceptors (Lipinski definition) is 3. The van der Waals surface area contributed by atoms with Gasteiger partial charge in [0.2, 0.25) is 0 Å². The van der Waals surface area contributed by atoms with Crippen LogP contribution >= 0.6 is 0 Å². The minimum absolute atomic E-state index is 0.306. The smallest absolute Gasteiger partial charge is 0.121 e. The van der Waals surface area contributed by atoms with Crippen LogP contribution in [0.1, 0.15) is 43.9 Å². The van der Waals surface area contributed by atoms with E-state index in [4.69, 9.17) is 10.5 Å². The molecule has 112 valence electrons. The lowest BCUT2D eigenvalue weighted by Crippen LogP contribution is -2.40. The molecule has 1 saturated carbocycles. The summed E-state index contributed by atoms with van der Waals surface area (Å²) in [5.74, 6) is 1.83. The summed E-state index contributed by atoms with van der Waals surface area (Å²) in [5.41, 5.74) is 8.57. The third-order valence-electron chi connectivity index (χ3n) is 4.26. The first-order valence-electron chi connectivity index (χ1n) is 7.67. The molecular weight excluding hydrogens is 248 g/mol. The number of hydrogen-bond donors (Lipinski definition) is 1. The SMILES string of the molecule is COc1ccc(C(CN)N(CC2CC2)C(C)C)cc1C. The lowest BCUT2D eigenvalue weighted by atomic mass is 10.0. The molecule has 1 unspecified atom stereocenters. The molecule has 3 nitrogen and oxygen atoms in total. The van der Waals surface area contributed by atoms with E-state index in [0.717, 1.165) is 11.7 Å². The van der Waals surface area contributed by atoms with E-state index in [-0.39, 0.29) is 0 Å². The van der Waals surface area contributed by atoms with Crippen LogP contribution in [0.15, 0.2) is 18.2 Å². The van der Waals surface area contributed by atoms with Crippen molar-refractivity contribution < 1.29 is 4.74 Å². The van der Waals surface area contributed by atoms with Gasteiger partial charge in [-0.25, -0.2) is 0 Å². The van der Waals surface area contributed by atoms with Crippen molar-refractivity contribution in [3.63, 3.8) is 0 Å². The van der Waals surface area contributed by atoms with Crippen LogP contribution in [0.25, 0.3) is 0 Å². The molecule has 0 radical (unpaired) electrons. The minimum atomic E-state index is 0.306. The highest BCUT2D eigenvalue weighted by Gasteiger charge is 2.29. The minimum Gasteiger partial charge on any atom is -0.496 e. The molecule has 1 aliphatic carbocycles. The highest BCUT2D eigenvalue weighted by atomic mass is 16.5. The fraction of sp³-hybridized carbons (Fsp3) is 0.647. The Kier molecular flexibility index (Phi) is 5.06. The van der Waals surface area contributed by atoms with E-state index in [1.54, 1.807) is 7.11 Å². The first-order chi connectivity index (χ1) is 9.56. The van der Waals surface area contributed by atoms with E-state index in [1.807, 2.05) is 0 Å². The highest BCUT2D eigenvalue weighted by Crippen LogP contribution is 2.34. The van der Waals surface area contributed by atoms with Gasteiger partial charge in [0.15, 0.2) is 0 Å². The van der Waals surface area contributed by atoms with E-state index < -0.39 is 0 Å². The number of methoxy groups -OCH3 is 1. The van der Waals surface area contributed by atoms with Crippen LogP contribution in [0, 0.1) is 12.8 Å². The normalized spacial score (nSPS) is 16.8. The maximum absolute atomic E-state index is 6.09. The molecular formula is C17H28N2O. The third kappa shape index (κ3) is 3.53. The van der Waals surface area contributed by atoms with E-state index in [1.165, 1.54) is 30.5 Å². The largest absolute Gasteiger partial charge is 0.496 e. The summed E-state index contributed by atoms with van der Waals surface area (Å²) in [4.78, 5) is 2.55. The fourth-order valence-corrected chi connectivity index (χ4v) is 2.87. The van der Waals surface area contributed by atoms with Crippen LogP contribution in [0.2, 0.25) is 0 Å². The molecule has 0 saturated heterocycles. The topological polar surface area (TPSA) is 38.5 Å². The second-order valence-corrected chi connectivity index (χ2v) is 6.21. The number of nitrogens with zero attached hydrogens (tertiary/aromatic N) is 1. The van der Waals surface area contributed by atoms with Crippen molar-refractivity contribution in [1.29, 1.82) is 0 Å². The standard InChI is InChI=1S/C17H28N2O/c1-12(2)19(11-14-5-6-14)16(10-18)15-7-8-17(20-4)13(3)9-15/h7-9,12,14,16H,5-6,10-11,18H2,1-4H3. The van der Waals surface area contributed by atoms with Gasteiger partial charge in [0.1, 0.15) is 5.75 Å². The van der Waals surface area contributed by atoms with Gasteiger partial charge in [0.25, 0.3) is 0 Å². The first kappa shape index (κ1) is 15.3. The molecule has 1 aromatic carbocycles. The molecule has 1 aliphatic rings. The second kappa shape index (κ2) is 6.59. The molecule has 0 aromatic heterocycles. The summed E-state index contributed by atoms with van der Waals surface area (Å²) in [6, 6.07) is 7.26. The Hall–Kier alpha value is -1.06. The maximum Gasteiger partial charge on any atom is 0.121 e. The zero-order valence-corrected chi connectivity index (χ0v) is 13.2. The molecule has 0 heterocycles. The Morgan fingerprint density at radius 2 is 2.05 bits per heavy atom. The van der Waals surface area contributed by atoms with Gasteiger partial charge in [-0.15, -0.1) is 0 Å². The summed E-state index contributed by atoms with van der Waals surface area (Å²) < 4.78 is 5.35. The molecule has 1 aromatic rings. The number of aryl methyl sites for hydroxylation is 1. The van der Waals surface area contributed by atoms with Gasteiger partial charge in [0.05, 0.1) is 7.11 Å². The van der Waals surface area contributed by atoms with Crippen LogP contribution < -0.4 is 10.5 Å². The Morgan fingerprint density at radius 1 is 1.35 bits per heavy atom. The zero-order valence-electron chi connectivity index (χ0n) is 13.2. The maximum atomic E-state index is 6.09. The quantitative estimate of drug-likeness (QED) is 0.831. The van der Waals surface area contributed by atoms with Gasteiger partial charge in [-0.2, -0.15) is 0 Å². The van der Waals surface area contributed by atoms with Crippen LogP contribution in [0.3, 0.4) is 0 Å². The Morgan fingerprint density at radius 3 is 2.50 bits per heavy atom. The van der Waals surface area contributed by atoms with E-state index >= 15 is 0 Å². The summed E-state index contributed by atoms with van der Waals surface area (Å²) >= 11 is 0. The monoisotopic (exact) mass is 276 g/mol. The predicted molar refractivity (Wildman–Crippen MR) is 84.1 cm³/mol. The average molecular weight is 276 g/mol. The van der Waals surface area contributed by atoms with E-state index in [2.05, 4.69) is 43.9 Å². The van der Waals surface area contributed by atoms with Crippen molar-refractivity contribution in [3.05, 3.63) is 29.3 Å². The molecule has 0 spiro atoms. The molecule has 0 amide bonds. The van der Waals surface area contributed by atoms with Crippen molar-refractivity contribution in [2.24, 2.45) is 11.7 Å². The third-order valence-corrected chi connectivity index (χ3v) is 4.26. The van der Waals surface area contributed by atoms with Crippen molar-refractivity contribution in [2.75, 3.05) is 20.2 Å². The molecule has 20 heavy (non-hydrogen) atoms. The number of nitrogens with two attached hydrogens (primary N) is 1. The Labute approximate surface area is 123 Å². The average Bonchev–Trinajstić information content (AvgIpc) is 3.22. The van der Waals surface area contributed by atoms with Gasteiger partial charge in [-0.1, -0.05) is 12.1 Å². The Bertz CT molecular complexity index is 441. The molecule has 0 bridgehead atoms. The fourth-order valence-electron chi connectivity index (χ4n) is 2.87. The summed E-state index contributed by atoms with van der Waals surface area (Å²) in [6.45, 7) is 8.46. The van der Waals surface area contributed by atoms with Crippen LogP contribution in [-0.2, 0) is 0 Å².